The molecular formula is C18H14F2O4. The van der Waals surface area contributed by atoms with E-state index in [4.69, 9.17) is 5.11 Å². The minimum Gasteiger partial charge on any atom is -0.478 e. The molecule has 0 fully saturated rings. The Balaban J connectivity index is 0.000000240. The van der Waals surface area contributed by atoms with Crippen LogP contribution in [-0.4, -0.2) is 17.0 Å². The molecule has 2 aromatic rings. The van der Waals surface area contributed by atoms with Gasteiger partial charge in [0, 0.05) is 12.2 Å². The van der Waals surface area contributed by atoms with Crippen molar-refractivity contribution < 1.29 is 28.2 Å². The lowest BCUT2D eigenvalue weighted by molar-refractivity contribution is -0.131. The maximum Gasteiger partial charge on any atom is 0.335 e. The quantitative estimate of drug-likeness (QED) is 0.525. The van der Waals surface area contributed by atoms with Gasteiger partial charge in [0.05, 0.1) is 0 Å². The van der Waals surface area contributed by atoms with Gasteiger partial charge in [-0.1, -0.05) is 30.8 Å². The molecule has 0 atom stereocenters. The number of halogens is 2. The Kier molecular flexibility index (Phi) is 7.57. The standard InChI is InChI=1S/2C9H7FO2/c10-8-4-1-7(2-5-8)3-6-9(11)12;1-2-9(11)12-8-6-4-3-5-7(8)10/h1-6H,(H,11,12);2-6H,1H2. The Morgan fingerprint density at radius 3 is 2.21 bits per heavy atom. The number of carboxylic acids is 1. The fourth-order valence-electron chi connectivity index (χ4n) is 1.42. The molecular weight excluding hydrogens is 318 g/mol. The first-order valence-corrected chi connectivity index (χ1v) is 6.67. The molecule has 0 aliphatic rings. The smallest absolute Gasteiger partial charge is 0.335 e. The highest BCUT2D eigenvalue weighted by Gasteiger charge is 2.04. The summed E-state index contributed by atoms with van der Waals surface area (Å²) in [4.78, 5) is 20.7. The average Bonchev–Trinajstić information content (AvgIpc) is 2.57. The third-order valence-electron chi connectivity index (χ3n) is 2.50. The zero-order valence-electron chi connectivity index (χ0n) is 12.5. The van der Waals surface area contributed by atoms with Crippen molar-refractivity contribution in [1.29, 1.82) is 0 Å². The maximum atomic E-state index is 12.8. The lowest BCUT2D eigenvalue weighted by Gasteiger charge is -2.00. The number of benzene rings is 2. The van der Waals surface area contributed by atoms with Gasteiger partial charge in [-0.2, -0.15) is 0 Å². The summed E-state index contributed by atoms with van der Waals surface area (Å²) in [6.07, 6.45) is 3.39. The van der Waals surface area contributed by atoms with Gasteiger partial charge in [-0.25, -0.2) is 18.4 Å². The molecule has 0 saturated carbocycles. The summed E-state index contributed by atoms with van der Waals surface area (Å²) in [5.41, 5.74) is 0.666. The monoisotopic (exact) mass is 332 g/mol. The molecule has 124 valence electrons. The summed E-state index contributed by atoms with van der Waals surface area (Å²) in [5.74, 6) is -2.66. The first-order chi connectivity index (χ1) is 11.4. The van der Waals surface area contributed by atoms with Crippen LogP contribution in [0.1, 0.15) is 5.56 Å². The second-order valence-corrected chi connectivity index (χ2v) is 4.28. The van der Waals surface area contributed by atoms with Crippen molar-refractivity contribution >= 4 is 18.0 Å². The van der Waals surface area contributed by atoms with E-state index >= 15 is 0 Å². The van der Waals surface area contributed by atoms with Crippen LogP contribution >= 0.6 is 0 Å². The van der Waals surface area contributed by atoms with Gasteiger partial charge in [-0.05, 0) is 35.9 Å². The fraction of sp³-hybridized carbons (Fsp3) is 0. The number of rotatable bonds is 4. The molecule has 24 heavy (non-hydrogen) atoms. The zero-order valence-corrected chi connectivity index (χ0v) is 12.5. The Morgan fingerprint density at radius 1 is 1.04 bits per heavy atom. The van der Waals surface area contributed by atoms with E-state index in [1.165, 1.54) is 48.5 Å². The first kappa shape index (κ1) is 18.8. The highest BCUT2D eigenvalue weighted by Crippen LogP contribution is 2.15. The van der Waals surface area contributed by atoms with Gasteiger partial charge in [0.25, 0.3) is 0 Å². The van der Waals surface area contributed by atoms with Crippen molar-refractivity contribution in [2.24, 2.45) is 0 Å². The Bertz CT molecular complexity index is 737. The molecule has 0 bridgehead atoms. The fourth-order valence-corrected chi connectivity index (χ4v) is 1.42. The van der Waals surface area contributed by atoms with Gasteiger partial charge in [-0.15, -0.1) is 0 Å². The number of carboxylic acid groups (broad SMARTS) is 1. The van der Waals surface area contributed by atoms with Crippen LogP contribution in [0, 0.1) is 11.6 Å². The van der Waals surface area contributed by atoms with Crippen LogP contribution in [-0.2, 0) is 9.59 Å². The van der Waals surface area contributed by atoms with E-state index in [0.29, 0.717) is 5.56 Å². The molecule has 0 radical (unpaired) electrons. The lowest BCUT2D eigenvalue weighted by atomic mass is 10.2. The van der Waals surface area contributed by atoms with E-state index < -0.39 is 17.8 Å². The minimum atomic E-state index is -1.01. The molecule has 0 amide bonds. The predicted octanol–water partition coefficient (Wildman–Crippen LogP) is 3.84. The molecule has 4 nitrogen and oxygen atoms in total. The molecule has 1 N–H and O–H groups in total. The van der Waals surface area contributed by atoms with E-state index in [9.17, 15) is 18.4 Å². The number of hydrogen-bond donors (Lipinski definition) is 1. The summed E-state index contributed by atoms with van der Waals surface area (Å²) < 4.78 is 29.7. The number of carbonyl (C=O) groups is 2. The number of ether oxygens (including phenoxy) is 1. The van der Waals surface area contributed by atoms with Crippen LogP contribution in [0.4, 0.5) is 8.78 Å². The van der Waals surface area contributed by atoms with Crippen molar-refractivity contribution in [2.45, 2.75) is 0 Å². The lowest BCUT2D eigenvalue weighted by Crippen LogP contribution is -2.04. The molecule has 0 spiro atoms. The predicted molar refractivity (Wildman–Crippen MR) is 85.3 cm³/mol. The third-order valence-corrected chi connectivity index (χ3v) is 2.50. The van der Waals surface area contributed by atoms with Crippen LogP contribution < -0.4 is 4.74 Å². The van der Waals surface area contributed by atoms with Crippen molar-refractivity contribution in [2.75, 3.05) is 0 Å². The summed E-state index contributed by atoms with van der Waals surface area (Å²) in [6.45, 7) is 3.19. The second kappa shape index (κ2) is 9.68. The summed E-state index contributed by atoms with van der Waals surface area (Å²) in [5, 5.41) is 8.27. The number of para-hydroxylation sites is 1. The van der Waals surface area contributed by atoms with Gasteiger partial charge >= 0.3 is 11.9 Å². The van der Waals surface area contributed by atoms with Crippen molar-refractivity contribution in [3.63, 3.8) is 0 Å². The van der Waals surface area contributed by atoms with Crippen LogP contribution in [0.15, 0.2) is 67.3 Å². The SMILES string of the molecule is C=CC(=O)Oc1ccccc1F.O=C(O)C=Cc1ccc(F)cc1. The number of aliphatic carboxylic acids is 1. The first-order valence-electron chi connectivity index (χ1n) is 6.67. The minimum absolute atomic E-state index is 0.0811. The van der Waals surface area contributed by atoms with Gasteiger partial charge in [-0.3, -0.25) is 0 Å². The largest absolute Gasteiger partial charge is 0.478 e. The van der Waals surface area contributed by atoms with E-state index in [1.807, 2.05) is 0 Å². The van der Waals surface area contributed by atoms with E-state index in [-0.39, 0.29) is 11.6 Å². The molecule has 0 heterocycles. The van der Waals surface area contributed by atoms with Crippen LogP contribution in [0.5, 0.6) is 5.75 Å². The van der Waals surface area contributed by atoms with Crippen molar-refractivity contribution in [3.8, 4) is 5.75 Å². The summed E-state index contributed by atoms with van der Waals surface area (Å²) in [6, 6.07) is 11.3. The molecule has 0 aliphatic carbocycles. The second-order valence-electron chi connectivity index (χ2n) is 4.28. The van der Waals surface area contributed by atoms with Crippen LogP contribution in [0.2, 0.25) is 0 Å². The highest BCUT2D eigenvalue weighted by atomic mass is 19.1. The third kappa shape index (κ3) is 7.13. The molecule has 0 aliphatic heterocycles. The van der Waals surface area contributed by atoms with Crippen LogP contribution in [0.25, 0.3) is 6.08 Å². The number of hydrogen-bond acceptors (Lipinski definition) is 3. The summed E-state index contributed by atoms with van der Waals surface area (Å²) in [7, 11) is 0. The van der Waals surface area contributed by atoms with Gasteiger partial charge in [0.2, 0.25) is 0 Å². The van der Waals surface area contributed by atoms with Gasteiger partial charge in [0.15, 0.2) is 11.6 Å². The van der Waals surface area contributed by atoms with Crippen LogP contribution in [0.3, 0.4) is 0 Å². The average molecular weight is 332 g/mol. The van der Waals surface area contributed by atoms with E-state index in [1.54, 1.807) is 6.07 Å². The van der Waals surface area contributed by atoms with E-state index in [2.05, 4.69) is 11.3 Å². The Morgan fingerprint density at radius 2 is 1.67 bits per heavy atom. The topological polar surface area (TPSA) is 63.6 Å². The Hall–Kier alpha value is -3.28. The number of carbonyl (C=O) groups excluding carboxylic acids is 1. The maximum absolute atomic E-state index is 12.8. The van der Waals surface area contributed by atoms with E-state index in [0.717, 1.165) is 12.2 Å². The Labute approximate surface area is 137 Å². The van der Waals surface area contributed by atoms with Crippen molar-refractivity contribution in [3.05, 3.63) is 84.5 Å². The van der Waals surface area contributed by atoms with Gasteiger partial charge in [0.1, 0.15) is 5.82 Å². The zero-order chi connectivity index (χ0) is 17.9. The molecule has 0 saturated heterocycles. The molecule has 6 heteroatoms. The molecule has 0 aromatic heterocycles. The molecule has 0 unspecified atom stereocenters. The molecule has 2 aromatic carbocycles. The number of esters is 1. The summed E-state index contributed by atoms with van der Waals surface area (Å²) >= 11 is 0. The highest BCUT2D eigenvalue weighted by molar-refractivity contribution is 5.85. The van der Waals surface area contributed by atoms with Crippen molar-refractivity contribution in [1.82, 2.24) is 0 Å². The normalized spacial score (nSPS) is 9.75. The van der Waals surface area contributed by atoms with Gasteiger partial charge < -0.3 is 9.84 Å². The molecule has 2 rings (SSSR count).